The fourth-order valence-electron chi connectivity index (χ4n) is 3.51. The van der Waals surface area contributed by atoms with Gasteiger partial charge in [0, 0.05) is 29.4 Å². The number of aryl methyl sites for hydroxylation is 1. The van der Waals surface area contributed by atoms with Gasteiger partial charge in [0.05, 0.1) is 5.69 Å². The van der Waals surface area contributed by atoms with Crippen LogP contribution < -0.4 is 5.32 Å². The maximum Gasteiger partial charge on any atom is 0.142 e. The summed E-state index contributed by atoms with van der Waals surface area (Å²) in [5, 5.41) is 14.7. The monoisotopic (exact) mass is 382 g/mol. The molecule has 0 bridgehead atoms. The van der Waals surface area contributed by atoms with Crippen LogP contribution in [0.15, 0.2) is 30.3 Å². The van der Waals surface area contributed by atoms with Gasteiger partial charge in [0.15, 0.2) is 0 Å². The molecule has 2 aromatic rings. The molecule has 3 nitrogen and oxygen atoms in total. The van der Waals surface area contributed by atoms with Gasteiger partial charge in [-0.3, -0.25) is 4.98 Å². The third-order valence-corrected chi connectivity index (χ3v) is 5.18. The van der Waals surface area contributed by atoms with Gasteiger partial charge in [0.25, 0.3) is 0 Å². The van der Waals surface area contributed by atoms with Crippen molar-refractivity contribution in [3.8, 4) is 5.75 Å². The molecule has 0 saturated carbocycles. The summed E-state index contributed by atoms with van der Waals surface area (Å²) < 4.78 is 0. The normalized spacial score (nSPS) is 13.4. The van der Waals surface area contributed by atoms with Gasteiger partial charge in [0.1, 0.15) is 5.75 Å². The van der Waals surface area contributed by atoms with Crippen LogP contribution in [0.25, 0.3) is 0 Å². The van der Waals surface area contributed by atoms with Crippen molar-refractivity contribution in [1.82, 2.24) is 4.98 Å². The molecule has 0 aliphatic carbocycles. The van der Waals surface area contributed by atoms with Gasteiger partial charge < -0.3 is 10.4 Å². The second-order valence-electron chi connectivity index (χ2n) is 10.0. The third kappa shape index (κ3) is 5.73. The maximum atomic E-state index is 11.1. The molecule has 1 atom stereocenters. The van der Waals surface area contributed by atoms with E-state index in [9.17, 15) is 5.11 Å². The predicted molar refractivity (Wildman–Crippen MR) is 121 cm³/mol. The predicted octanol–water partition coefficient (Wildman–Crippen LogP) is 6.51. The molecule has 0 radical (unpaired) electrons. The Bertz CT molecular complexity index is 797. The molecule has 0 unspecified atom stereocenters. The molecule has 0 aliphatic heterocycles. The molecule has 2 rings (SSSR count). The van der Waals surface area contributed by atoms with E-state index in [1.54, 1.807) is 0 Å². The summed E-state index contributed by atoms with van der Waals surface area (Å²) in [6.07, 6.45) is 2.95. The van der Waals surface area contributed by atoms with Gasteiger partial charge in [0.2, 0.25) is 0 Å². The summed E-state index contributed by atoms with van der Waals surface area (Å²) >= 11 is 0. The van der Waals surface area contributed by atoms with Gasteiger partial charge in [-0.15, -0.1) is 0 Å². The number of hydrogen-bond acceptors (Lipinski definition) is 3. The molecule has 2 N–H and O–H groups in total. The standard InChI is InChI=1S/C25H38N2O/c1-9-11-19(16-20-13-10-12-17(2)26-20)27-22-15-18(24(3,4)5)14-21(23(22)28)25(6,7)8/h10,12-15,19,27-28H,9,11,16H2,1-8H3/t19-/m0/s1. The molecule has 1 heterocycles. The first kappa shape index (κ1) is 22.3. The molecule has 0 saturated heterocycles. The molecule has 1 aromatic heterocycles. The number of rotatable bonds is 6. The van der Waals surface area contributed by atoms with E-state index in [4.69, 9.17) is 0 Å². The largest absolute Gasteiger partial charge is 0.505 e. The van der Waals surface area contributed by atoms with Gasteiger partial charge in [-0.25, -0.2) is 0 Å². The summed E-state index contributed by atoms with van der Waals surface area (Å²) in [4.78, 5) is 4.67. The zero-order chi connectivity index (χ0) is 21.1. The van der Waals surface area contributed by atoms with Crippen LogP contribution >= 0.6 is 0 Å². The highest BCUT2D eigenvalue weighted by molar-refractivity contribution is 5.64. The van der Waals surface area contributed by atoms with Gasteiger partial charge >= 0.3 is 0 Å². The lowest BCUT2D eigenvalue weighted by Crippen LogP contribution is -2.24. The first-order valence-corrected chi connectivity index (χ1v) is 10.5. The number of hydrogen-bond donors (Lipinski definition) is 2. The number of nitrogens with one attached hydrogen (secondary N) is 1. The number of aromatic nitrogens is 1. The minimum absolute atomic E-state index is 0.0163. The minimum Gasteiger partial charge on any atom is -0.505 e. The van der Waals surface area contributed by atoms with Crippen molar-refractivity contribution in [2.24, 2.45) is 0 Å². The summed E-state index contributed by atoms with van der Waals surface area (Å²) in [5.41, 5.74) is 5.09. The number of phenols is 1. The molecule has 0 spiro atoms. The van der Waals surface area contributed by atoms with Crippen molar-refractivity contribution in [3.63, 3.8) is 0 Å². The fraction of sp³-hybridized carbons (Fsp3) is 0.560. The van der Waals surface area contributed by atoms with Crippen LogP contribution in [-0.4, -0.2) is 16.1 Å². The Morgan fingerprint density at radius 3 is 2.25 bits per heavy atom. The van der Waals surface area contributed by atoms with Crippen LogP contribution in [0.2, 0.25) is 0 Å². The second-order valence-corrected chi connectivity index (χ2v) is 10.0. The van der Waals surface area contributed by atoms with Crippen molar-refractivity contribution in [2.45, 2.75) is 91.5 Å². The van der Waals surface area contributed by atoms with Crippen LogP contribution in [-0.2, 0) is 17.3 Å². The maximum absolute atomic E-state index is 11.1. The number of phenolic OH excluding ortho intramolecular Hbond substituents is 1. The summed E-state index contributed by atoms with van der Waals surface area (Å²) in [6, 6.07) is 10.7. The Morgan fingerprint density at radius 1 is 1.04 bits per heavy atom. The van der Waals surface area contributed by atoms with E-state index in [1.165, 1.54) is 5.56 Å². The number of pyridine rings is 1. The Morgan fingerprint density at radius 2 is 1.71 bits per heavy atom. The van der Waals surface area contributed by atoms with Gasteiger partial charge in [-0.2, -0.15) is 0 Å². The zero-order valence-corrected chi connectivity index (χ0v) is 19.0. The van der Waals surface area contributed by atoms with E-state index in [-0.39, 0.29) is 16.9 Å². The highest BCUT2D eigenvalue weighted by Crippen LogP contribution is 2.40. The van der Waals surface area contributed by atoms with E-state index >= 15 is 0 Å². The van der Waals surface area contributed by atoms with Crippen molar-refractivity contribution < 1.29 is 5.11 Å². The Hall–Kier alpha value is -2.03. The molecule has 0 fully saturated rings. The first-order valence-electron chi connectivity index (χ1n) is 10.5. The molecule has 3 heteroatoms. The van der Waals surface area contributed by atoms with E-state index < -0.39 is 0 Å². The lowest BCUT2D eigenvalue weighted by molar-refractivity contribution is 0.445. The molecule has 154 valence electrons. The molecule has 28 heavy (non-hydrogen) atoms. The SMILES string of the molecule is CCC[C@@H](Cc1cccc(C)n1)Nc1cc(C(C)(C)C)cc(C(C)(C)C)c1O. The molecular weight excluding hydrogens is 344 g/mol. The third-order valence-electron chi connectivity index (χ3n) is 5.18. The number of nitrogens with zero attached hydrogens (tertiary/aromatic N) is 1. The first-order chi connectivity index (χ1) is 12.9. The number of anilines is 1. The number of aromatic hydroxyl groups is 1. The lowest BCUT2D eigenvalue weighted by Gasteiger charge is -2.29. The van der Waals surface area contributed by atoms with Gasteiger partial charge in [-0.1, -0.05) is 67.0 Å². The summed E-state index contributed by atoms with van der Waals surface area (Å²) in [5.74, 6) is 0.374. The average Bonchev–Trinajstić information content (AvgIpc) is 2.54. The van der Waals surface area contributed by atoms with E-state index in [2.05, 4.69) is 83.0 Å². The zero-order valence-electron chi connectivity index (χ0n) is 19.0. The smallest absolute Gasteiger partial charge is 0.142 e. The van der Waals surface area contributed by atoms with E-state index in [1.807, 2.05) is 13.0 Å². The van der Waals surface area contributed by atoms with Crippen LogP contribution in [0.5, 0.6) is 5.75 Å². The molecule has 0 amide bonds. The lowest BCUT2D eigenvalue weighted by atomic mass is 9.79. The Balaban J connectivity index is 2.42. The molecule has 1 aromatic carbocycles. The van der Waals surface area contributed by atoms with Gasteiger partial charge in [-0.05, 0) is 47.9 Å². The molecular formula is C25H38N2O. The quantitative estimate of drug-likeness (QED) is 0.559. The Labute approximate surface area is 171 Å². The summed E-state index contributed by atoms with van der Waals surface area (Å²) in [6.45, 7) is 17.3. The second kappa shape index (κ2) is 8.55. The Kier molecular flexibility index (Phi) is 6.80. The topological polar surface area (TPSA) is 45.2 Å². The number of benzene rings is 1. The van der Waals surface area contributed by atoms with Crippen molar-refractivity contribution in [2.75, 3.05) is 5.32 Å². The highest BCUT2D eigenvalue weighted by atomic mass is 16.3. The van der Waals surface area contributed by atoms with E-state index in [0.717, 1.165) is 41.9 Å². The van der Waals surface area contributed by atoms with Crippen molar-refractivity contribution >= 4 is 5.69 Å². The van der Waals surface area contributed by atoms with Crippen LogP contribution in [0.4, 0.5) is 5.69 Å². The van der Waals surface area contributed by atoms with Crippen LogP contribution in [0, 0.1) is 6.92 Å². The summed E-state index contributed by atoms with van der Waals surface area (Å²) in [7, 11) is 0. The van der Waals surface area contributed by atoms with Crippen molar-refractivity contribution in [1.29, 1.82) is 0 Å². The van der Waals surface area contributed by atoms with Crippen molar-refractivity contribution in [3.05, 3.63) is 52.8 Å². The molecule has 0 aliphatic rings. The highest BCUT2D eigenvalue weighted by Gasteiger charge is 2.25. The van der Waals surface area contributed by atoms with E-state index in [0.29, 0.717) is 5.75 Å². The minimum atomic E-state index is -0.125. The average molecular weight is 383 g/mol. The van der Waals surface area contributed by atoms with Crippen LogP contribution in [0.3, 0.4) is 0 Å². The van der Waals surface area contributed by atoms with Crippen LogP contribution in [0.1, 0.15) is 83.8 Å². The fourth-order valence-corrected chi connectivity index (χ4v) is 3.51.